The van der Waals surface area contributed by atoms with Gasteiger partial charge in [-0.2, -0.15) is 0 Å². The molecule has 0 saturated carbocycles. The summed E-state index contributed by atoms with van der Waals surface area (Å²) in [5.41, 5.74) is 2.03. The molecule has 3 nitrogen and oxygen atoms in total. The number of aryl methyl sites for hydroxylation is 1. The summed E-state index contributed by atoms with van der Waals surface area (Å²) in [6.07, 6.45) is 1.74. The monoisotopic (exact) mass is 178 g/mol. The maximum Gasteiger partial charge on any atom is 0.217 e. The van der Waals surface area contributed by atoms with Crippen molar-refractivity contribution in [1.82, 2.24) is 10.3 Å². The van der Waals surface area contributed by atoms with Gasteiger partial charge in [-0.05, 0) is 25.5 Å². The van der Waals surface area contributed by atoms with Crippen LogP contribution in [0.1, 0.15) is 31.1 Å². The molecule has 1 atom stereocenters. The zero-order chi connectivity index (χ0) is 9.84. The molecule has 1 aromatic heterocycles. The number of rotatable bonds is 2. The van der Waals surface area contributed by atoms with Crippen LogP contribution in [0.5, 0.6) is 0 Å². The molecular weight excluding hydrogens is 164 g/mol. The molecule has 1 N–H and O–H groups in total. The molecular formula is C10H14N2O. The second kappa shape index (κ2) is 4.03. The Bertz CT molecular complexity index is 310. The zero-order valence-electron chi connectivity index (χ0n) is 8.16. The molecule has 70 valence electrons. The van der Waals surface area contributed by atoms with Crippen molar-refractivity contribution in [3.05, 3.63) is 29.6 Å². The first-order valence-electron chi connectivity index (χ1n) is 4.30. The van der Waals surface area contributed by atoms with Crippen molar-refractivity contribution in [2.75, 3.05) is 0 Å². The van der Waals surface area contributed by atoms with Gasteiger partial charge < -0.3 is 5.32 Å². The maximum atomic E-state index is 10.8. The van der Waals surface area contributed by atoms with Gasteiger partial charge in [0.2, 0.25) is 5.91 Å². The third kappa shape index (κ3) is 2.54. The number of pyridine rings is 1. The molecule has 0 aliphatic heterocycles. The SMILES string of the molecule is CC(=O)NC(C)c1ncccc1C. The third-order valence-electron chi connectivity index (χ3n) is 1.88. The van der Waals surface area contributed by atoms with Gasteiger partial charge in [-0.25, -0.2) is 0 Å². The van der Waals surface area contributed by atoms with Crippen molar-refractivity contribution in [2.45, 2.75) is 26.8 Å². The lowest BCUT2D eigenvalue weighted by molar-refractivity contribution is -0.119. The predicted octanol–water partition coefficient (Wildman–Crippen LogP) is 1.59. The Morgan fingerprint density at radius 2 is 2.31 bits per heavy atom. The van der Waals surface area contributed by atoms with E-state index < -0.39 is 0 Å². The molecule has 1 rings (SSSR count). The lowest BCUT2D eigenvalue weighted by Gasteiger charge is -2.13. The molecule has 0 radical (unpaired) electrons. The molecule has 0 aliphatic carbocycles. The highest BCUT2D eigenvalue weighted by molar-refractivity contribution is 5.73. The molecule has 0 fully saturated rings. The van der Waals surface area contributed by atoms with Crippen LogP contribution < -0.4 is 5.32 Å². The Labute approximate surface area is 78.2 Å². The Hall–Kier alpha value is -1.38. The fourth-order valence-corrected chi connectivity index (χ4v) is 1.32. The molecule has 0 saturated heterocycles. The largest absolute Gasteiger partial charge is 0.348 e. The van der Waals surface area contributed by atoms with Gasteiger partial charge in [0, 0.05) is 13.1 Å². The first-order valence-corrected chi connectivity index (χ1v) is 4.30. The van der Waals surface area contributed by atoms with Crippen LogP contribution in [0.2, 0.25) is 0 Å². The van der Waals surface area contributed by atoms with Crippen LogP contribution in [0.4, 0.5) is 0 Å². The Morgan fingerprint density at radius 1 is 1.62 bits per heavy atom. The summed E-state index contributed by atoms with van der Waals surface area (Å²) in [4.78, 5) is 15.0. The Morgan fingerprint density at radius 3 is 2.85 bits per heavy atom. The van der Waals surface area contributed by atoms with Crippen molar-refractivity contribution in [2.24, 2.45) is 0 Å². The van der Waals surface area contributed by atoms with Crippen LogP contribution in [0.15, 0.2) is 18.3 Å². The van der Waals surface area contributed by atoms with Crippen LogP contribution in [0.25, 0.3) is 0 Å². The van der Waals surface area contributed by atoms with Crippen LogP contribution >= 0.6 is 0 Å². The Balaban J connectivity index is 2.82. The number of carbonyl (C=O) groups excluding carboxylic acids is 1. The number of hydrogen-bond donors (Lipinski definition) is 1. The summed E-state index contributed by atoms with van der Waals surface area (Å²) in [6.45, 7) is 5.42. The summed E-state index contributed by atoms with van der Waals surface area (Å²) in [5.74, 6) is -0.0300. The van der Waals surface area contributed by atoms with Gasteiger partial charge in [0.15, 0.2) is 0 Å². The van der Waals surface area contributed by atoms with Crippen molar-refractivity contribution in [3.63, 3.8) is 0 Å². The Kier molecular flexibility index (Phi) is 3.01. The first kappa shape index (κ1) is 9.71. The van der Waals surface area contributed by atoms with Gasteiger partial charge in [0.1, 0.15) is 0 Å². The van der Waals surface area contributed by atoms with Gasteiger partial charge in [-0.3, -0.25) is 9.78 Å². The van der Waals surface area contributed by atoms with Crippen molar-refractivity contribution in [3.8, 4) is 0 Å². The molecule has 3 heteroatoms. The fraction of sp³-hybridized carbons (Fsp3) is 0.400. The third-order valence-corrected chi connectivity index (χ3v) is 1.88. The lowest BCUT2D eigenvalue weighted by Crippen LogP contribution is -2.24. The second-order valence-electron chi connectivity index (χ2n) is 3.13. The normalized spacial score (nSPS) is 12.2. The fourth-order valence-electron chi connectivity index (χ4n) is 1.32. The minimum Gasteiger partial charge on any atom is -0.348 e. The number of amides is 1. The summed E-state index contributed by atoms with van der Waals surface area (Å²) in [5, 5.41) is 2.80. The van der Waals surface area contributed by atoms with E-state index in [0.29, 0.717) is 0 Å². The topological polar surface area (TPSA) is 42.0 Å². The van der Waals surface area contributed by atoms with Crippen LogP contribution in [0.3, 0.4) is 0 Å². The van der Waals surface area contributed by atoms with Gasteiger partial charge in [-0.1, -0.05) is 6.07 Å². The van der Waals surface area contributed by atoms with Crippen LogP contribution in [-0.2, 0) is 4.79 Å². The van der Waals surface area contributed by atoms with Gasteiger partial charge >= 0.3 is 0 Å². The zero-order valence-corrected chi connectivity index (χ0v) is 8.16. The maximum absolute atomic E-state index is 10.8. The van der Waals surface area contributed by atoms with Gasteiger partial charge in [0.25, 0.3) is 0 Å². The number of hydrogen-bond acceptors (Lipinski definition) is 2. The molecule has 1 aromatic rings. The summed E-state index contributed by atoms with van der Waals surface area (Å²) in [6, 6.07) is 3.86. The van der Waals surface area contributed by atoms with E-state index in [9.17, 15) is 4.79 Å². The van der Waals surface area contributed by atoms with Crippen molar-refractivity contribution >= 4 is 5.91 Å². The average Bonchev–Trinajstić information content (AvgIpc) is 2.03. The van der Waals surface area contributed by atoms with E-state index >= 15 is 0 Å². The smallest absolute Gasteiger partial charge is 0.217 e. The molecule has 1 amide bonds. The number of nitrogens with zero attached hydrogens (tertiary/aromatic N) is 1. The van der Waals surface area contributed by atoms with Crippen molar-refractivity contribution < 1.29 is 4.79 Å². The van der Waals surface area contributed by atoms with Crippen molar-refractivity contribution in [1.29, 1.82) is 0 Å². The molecule has 1 unspecified atom stereocenters. The highest BCUT2D eigenvalue weighted by Crippen LogP contribution is 2.12. The van der Waals surface area contributed by atoms with Crippen LogP contribution in [0, 0.1) is 6.92 Å². The molecule has 13 heavy (non-hydrogen) atoms. The van der Waals surface area contributed by atoms with E-state index in [1.165, 1.54) is 6.92 Å². The highest BCUT2D eigenvalue weighted by atomic mass is 16.1. The van der Waals surface area contributed by atoms with E-state index in [0.717, 1.165) is 11.3 Å². The molecule has 0 spiro atoms. The second-order valence-corrected chi connectivity index (χ2v) is 3.13. The summed E-state index contributed by atoms with van der Waals surface area (Å²) >= 11 is 0. The average molecular weight is 178 g/mol. The molecule has 0 aromatic carbocycles. The summed E-state index contributed by atoms with van der Waals surface area (Å²) < 4.78 is 0. The minimum atomic E-state index is -0.0300. The first-order chi connectivity index (χ1) is 6.11. The van der Waals surface area contributed by atoms with E-state index in [1.807, 2.05) is 26.0 Å². The number of carbonyl (C=O) groups is 1. The molecule has 0 aliphatic rings. The molecule has 0 bridgehead atoms. The van der Waals surface area contributed by atoms with Crippen LogP contribution in [-0.4, -0.2) is 10.9 Å². The molecule has 1 heterocycles. The van der Waals surface area contributed by atoms with E-state index in [2.05, 4.69) is 10.3 Å². The number of nitrogens with one attached hydrogen (secondary N) is 1. The predicted molar refractivity (Wildman–Crippen MR) is 51.2 cm³/mol. The number of aromatic nitrogens is 1. The van der Waals surface area contributed by atoms with Gasteiger partial charge in [0.05, 0.1) is 11.7 Å². The highest BCUT2D eigenvalue weighted by Gasteiger charge is 2.09. The quantitative estimate of drug-likeness (QED) is 0.747. The standard InChI is InChI=1S/C10H14N2O/c1-7-5-4-6-11-10(7)8(2)12-9(3)13/h4-6,8H,1-3H3,(H,12,13). The van der Waals surface area contributed by atoms with E-state index in [4.69, 9.17) is 0 Å². The van der Waals surface area contributed by atoms with E-state index in [1.54, 1.807) is 6.20 Å². The lowest BCUT2D eigenvalue weighted by atomic mass is 10.1. The van der Waals surface area contributed by atoms with Gasteiger partial charge in [-0.15, -0.1) is 0 Å². The minimum absolute atomic E-state index is 0.0151. The van der Waals surface area contributed by atoms with E-state index in [-0.39, 0.29) is 11.9 Å². The summed E-state index contributed by atoms with van der Waals surface area (Å²) in [7, 11) is 0.